The second kappa shape index (κ2) is 17.6. The Morgan fingerprint density at radius 3 is 2.49 bits per heavy atom. The molecule has 6 nitrogen and oxygen atoms in total. The standard InChI is InChI=1S/C24H38F2N2O3.C10H7ClO/c1-9-15(3)13-27-19-14-28(12-11-17(19)5)23(29)20(18(6)22(25)26)31-21(16(4)10-2)24(7,8)30;1-3-8-6-5-7-9(11)10(8)12-4-2/h13,15,22,30H,9-12,14H2,1-8H3;1,4-7H,2H2/b20-18+,21-16?,27-13?;/t15-;/m0./s1. The van der Waals surface area contributed by atoms with Crippen molar-refractivity contribution in [1.82, 2.24) is 4.90 Å². The third-order valence-electron chi connectivity index (χ3n) is 6.89. The van der Waals surface area contributed by atoms with Gasteiger partial charge in [0.15, 0.2) is 11.5 Å². The number of allylic oxidation sites excluding steroid dienone is 2. The van der Waals surface area contributed by atoms with Crippen LogP contribution in [0.1, 0.15) is 80.2 Å². The van der Waals surface area contributed by atoms with Crippen LogP contribution >= 0.6 is 11.6 Å². The first-order chi connectivity index (χ1) is 20.1. The first-order valence-electron chi connectivity index (χ1n) is 14.3. The number of nitrogens with zero attached hydrogens (tertiary/aromatic N) is 2. The first-order valence-corrected chi connectivity index (χ1v) is 14.6. The molecule has 1 N–H and O–H groups in total. The molecule has 0 spiro atoms. The zero-order chi connectivity index (χ0) is 32.9. The van der Waals surface area contributed by atoms with E-state index < -0.39 is 29.3 Å². The highest BCUT2D eigenvalue weighted by Gasteiger charge is 2.33. The molecule has 0 radical (unpaired) electrons. The molecule has 236 valence electrons. The molecule has 0 aromatic heterocycles. The number of ether oxygens (including phenoxy) is 2. The van der Waals surface area contributed by atoms with Gasteiger partial charge in [-0.3, -0.25) is 9.79 Å². The minimum Gasteiger partial charge on any atom is -0.463 e. The number of para-hydroxylation sites is 1. The predicted octanol–water partition coefficient (Wildman–Crippen LogP) is 8.46. The maximum absolute atomic E-state index is 13.6. The van der Waals surface area contributed by atoms with E-state index in [2.05, 4.69) is 31.3 Å². The lowest BCUT2D eigenvalue weighted by atomic mass is 10.0. The summed E-state index contributed by atoms with van der Waals surface area (Å²) in [6, 6.07) is 5.24. The smallest absolute Gasteiger partial charge is 0.290 e. The Bertz CT molecular complexity index is 1300. The number of carbonyl (C=O) groups is 1. The van der Waals surface area contributed by atoms with Gasteiger partial charge in [-0.2, -0.15) is 0 Å². The summed E-state index contributed by atoms with van der Waals surface area (Å²) in [6.45, 7) is 18.0. The number of benzene rings is 1. The van der Waals surface area contributed by atoms with E-state index >= 15 is 0 Å². The monoisotopic (exact) mass is 618 g/mol. The molecule has 0 saturated heterocycles. The van der Waals surface area contributed by atoms with Gasteiger partial charge in [0.05, 0.1) is 29.1 Å². The first kappa shape index (κ1) is 37.6. The minimum atomic E-state index is -2.85. The molecule has 1 amide bonds. The number of amides is 1. The molecular formula is C34H45ClF2N2O4. The predicted molar refractivity (Wildman–Crippen MR) is 171 cm³/mol. The lowest BCUT2D eigenvalue weighted by Crippen LogP contribution is -2.39. The molecule has 1 aromatic rings. The largest absolute Gasteiger partial charge is 0.463 e. The number of hydrogen-bond acceptors (Lipinski definition) is 5. The van der Waals surface area contributed by atoms with Crippen LogP contribution in [-0.2, 0) is 9.53 Å². The van der Waals surface area contributed by atoms with Crippen LogP contribution < -0.4 is 4.74 Å². The average molecular weight is 619 g/mol. The molecule has 1 aliphatic rings. The van der Waals surface area contributed by atoms with Crippen molar-refractivity contribution in [3.05, 3.63) is 75.6 Å². The van der Waals surface area contributed by atoms with Gasteiger partial charge >= 0.3 is 0 Å². The summed E-state index contributed by atoms with van der Waals surface area (Å²) in [5, 5.41) is 11.0. The Labute approximate surface area is 260 Å². The molecular weight excluding hydrogens is 574 g/mol. The number of alkyl halides is 2. The van der Waals surface area contributed by atoms with Gasteiger partial charge in [-0.25, -0.2) is 8.78 Å². The molecule has 0 aliphatic carbocycles. The van der Waals surface area contributed by atoms with Crippen molar-refractivity contribution in [2.75, 3.05) is 13.1 Å². The molecule has 9 heteroatoms. The third kappa shape index (κ3) is 11.3. The molecule has 43 heavy (non-hydrogen) atoms. The number of aliphatic hydroxyl groups is 1. The lowest BCUT2D eigenvalue weighted by molar-refractivity contribution is -0.130. The zero-order valence-corrected chi connectivity index (χ0v) is 27.3. The van der Waals surface area contributed by atoms with Crippen molar-refractivity contribution in [2.45, 2.75) is 86.7 Å². The van der Waals surface area contributed by atoms with Crippen molar-refractivity contribution < 1.29 is 28.2 Å². The maximum atomic E-state index is 13.6. The molecule has 2 rings (SSSR count). The molecule has 0 unspecified atom stereocenters. The van der Waals surface area contributed by atoms with Crippen LogP contribution in [0.3, 0.4) is 0 Å². The number of terminal acetylenes is 1. The van der Waals surface area contributed by atoms with Crippen LogP contribution in [0.4, 0.5) is 8.78 Å². The molecule has 1 aliphatic heterocycles. The Morgan fingerprint density at radius 2 is 1.98 bits per heavy atom. The average Bonchev–Trinajstić information content (AvgIpc) is 2.96. The van der Waals surface area contributed by atoms with E-state index in [0.717, 1.165) is 17.7 Å². The number of carbonyl (C=O) groups excluding carboxylic acids is 1. The highest BCUT2D eigenvalue weighted by atomic mass is 35.5. The van der Waals surface area contributed by atoms with Gasteiger partial charge in [0.25, 0.3) is 12.3 Å². The maximum Gasteiger partial charge on any atom is 0.290 e. The molecule has 1 aromatic carbocycles. The van der Waals surface area contributed by atoms with Crippen molar-refractivity contribution in [1.29, 1.82) is 0 Å². The van der Waals surface area contributed by atoms with Crippen molar-refractivity contribution in [2.24, 2.45) is 10.9 Å². The summed E-state index contributed by atoms with van der Waals surface area (Å²) in [6.07, 6.45) is 7.65. The summed E-state index contributed by atoms with van der Waals surface area (Å²) >= 11 is 5.82. The van der Waals surface area contributed by atoms with Gasteiger partial charge in [-0.05, 0) is 83.1 Å². The van der Waals surface area contributed by atoms with E-state index in [1.54, 1.807) is 25.1 Å². The Hall–Kier alpha value is -3.41. The minimum absolute atomic E-state index is 0.122. The fourth-order valence-electron chi connectivity index (χ4n) is 3.85. The van der Waals surface area contributed by atoms with Crippen LogP contribution in [0.25, 0.3) is 0 Å². The molecule has 0 bridgehead atoms. The normalized spacial score (nSPS) is 15.7. The number of aliphatic imine (C=N–C) groups is 1. The van der Waals surface area contributed by atoms with Gasteiger partial charge in [0.2, 0.25) is 0 Å². The molecule has 0 fully saturated rings. The van der Waals surface area contributed by atoms with Crippen LogP contribution in [0.5, 0.6) is 5.75 Å². The number of halogens is 3. The Kier molecular flexibility index (Phi) is 15.4. The van der Waals surface area contributed by atoms with Gasteiger partial charge in [0, 0.05) is 18.3 Å². The van der Waals surface area contributed by atoms with E-state index in [-0.39, 0.29) is 12.3 Å². The highest BCUT2D eigenvalue weighted by molar-refractivity contribution is 6.32. The van der Waals surface area contributed by atoms with E-state index in [0.29, 0.717) is 47.2 Å². The van der Waals surface area contributed by atoms with Crippen molar-refractivity contribution >= 4 is 23.7 Å². The van der Waals surface area contributed by atoms with Gasteiger partial charge in [-0.1, -0.05) is 50.9 Å². The van der Waals surface area contributed by atoms with Crippen molar-refractivity contribution in [3.63, 3.8) is 0 Å². The summed E-state index contributed by atoms with van der Waals surface area (Å²) in [5.74, 6) is 2.33. The summed E-state index contributed by atoms with van der Waals surface area (Å²) in [7, 11) is 0. The molecule has 1 atom stereocenters. The van der Waals surface area contributed by atoms with Crippen LogP contribution in [0.15, 0.2) is 70.0 Å². The fourth-order valence-corrected chi connectivity index (χ4v) is 4.07. The summed E-state index contributed by atoms with van der Waals surface area (Å²) in [4.78, 5) is 19.3. The van der Waals surface area contributed by atoms with Gasteiger partial charge in [0.1, 0.15) is 11.4 Å². The quantitative estimate of drug-likeness (QED) is 0.117. The van der Waals surface area contributed by atoms with Gasteiger partial charge in [-0.15, -0.1) is 6.42 Å². The van der Waals surface area contributed by atoms with Crippen LogP contribution in [0.2, 0.25) is 5.02 Å². The SMILES string of the molecule is C#Cc1cccc(Cl)c1OC=C.CCC(C)=C(O/C(C(=O)N1CCC(C)=C(N=C[C@@H](C)CC)C1)=C(\C)C(F)F)C(C)(C)O. The summed E-state index contributed by atoms with van der Waals surface area (Å²) < 4.78 is 38.0. The number of rotatable bonds is 11. The van der Waals surface area contributed by atoms with Crippen molar-refractivity contribution in [3.8, 4) is 18.1 Å². The van der Waals surface area contributed by atoms with Crippen LogP contribution in [-0.4, -0.2) is 47.2 Å². The molecule has 0 saturated carbocycles. The van der Waals surface area contributed by atoms with E-state index in [1.807, 2.05) is 20.1 Å². The van der Waals surface area contributed by atoms with E-state index in [1.165, 1.54) is 31.9 Å². The topological polar surface area (TPSA) is 71.4 Å². The highest BCUT2D eigenvalue weighted by Crippen LogP contribution is 2.30. The summed E-state index contributed by atoms with van der Waals surface area (Å²) in [5.41, 5.74) is 1.30. The number of hydrogen-bond donors (Lipinski definition) is 1. The lowest BCUT2D eigenvalue weighted by Gasteiger charge is -2.31. The van der Waals surface area contributed by atoms with E-state index in [9.17, 15) is 18.7 Å². The van der Waals surface area contributed by atoms with Gasteiger partial charge < -0.3 is 19.5 Å². The molecule has 1 heterocycles. The second-order valence-electron chi connectivity index (χ2n) is 10.8. The van der Waals surface area contributed by atoms with E-state index in [4.69, 9.17) is 27.5 Å². The Balaban J connectivity index is 0.000000639. The third-order valence-corrected chi connectivity index (χ3v) is 7.18. The zero-order valence-electron chi connectivity index (χ0n) is 26.6. The van der Waals surface area contributed by atoms with Crippen LogP contribution in [0, 0.1) is 18.3 Å². The fraction of sp³-hybridized carbons (Fsp3) is 0.471. The Morgan fingerprint density at radius 1 is 1.33 bits per heavy atom. The second-order valence-corrected chi connectivity index (χ2v) is 11.3.